The van der Waals surface area contributed by atoms with Crippen molar-refractivity contribution in [3.05, 3.63) is 66.0 Å². The molecular weight excluding hydrogens is 419 g/mol. The molecule has 3 rings (SSSR count). The number of para-hydroxylation sites is 1. The Morgan fingerprint density at radius 2 is 1.74 bits per heavy atom. The van der Waals surface area contributed by atoms with E-state index in [1.807, 2.05) is 18.2 Å². The number of nitrogens with zero attached hydrogens (tertiary/aromatic N) is 1. The van der Waals surface area contributed by atoms with E-state index in [1.54, 1.807) is 6.07 Å². The van der Waals surface area contributed by atoms with Gasteiger partial charge in [0, 0.05) is 38.1 Å². The van der Waals surface area contributed by atoms with Crippen molar-refractivity contribution < 1.29 is 22.3 Å². The number of hydrogen-bond donors (Lipinski definition) is 1. The van der Waals surface area contributed by atoms with E-state index in [2.05, 4.69) is 17.4 Å². The Bertz CT molecular complexity index is 976. The minimum atomic E-state index is -3.67. The minimum absolute atomic E-state index is 0.00403. The Kier molecular flexibility index (Phi) is 7.67. The SMILES string of the molecule is CS(=O)(=O)N(CCCC(=O)NCC1(c2ccccc2)CCOCC1)c1ccccc1F. The summed E-state index contributed by atoms with van der Waals surface area (Å²) < 4.78 is 44.9. The van der Waals surface area contributed by atoms with Crippen LogP contribution >= 0.6 is 0 Å². The first-order valence-corrected chi connectivity index (χ1v) is 12.3. The van der Waals surface area contributed by atoms with Gasteiger partial charge in [-0.2, -0.15) is 0 Å². The van der Waals surface area contributed by atoms with E-state index in [4.69, 9.17) is 4.74 Å². The highest BCUT2D eigenvalue weighted by atomic mass is 32.2. The quantitative estimate of drug-likeness (QED) is 0.639. The molecule has 31 heavy (non-hydrogen) atoms. The fraction of sp³-hybridized carbons (Fsp3) is 0.435. The monoisotopic (exact) mass is 448 g/mol. The van der Waals surface area contributed by atoms with E-state index in [1.165, 1.54) is 23.8 Å². The van der Waals surface area contributed by atoms with E-state index >= 15 is 0 Å². The molecule has 2 aromatic carbocycles. The number of carbonyl (C=O) groups excluding carboxylic acids is 1. The maximum Gasteiger partial charge on any atom is 0.232 e. The van der Waals surface area contributed by atoms with Crippen molar-refractivity contribution in [2.75, 3.05) is 36.9 Å². The lowest BCUT2D eigenvalue weighted by molar-refractivity contribution is -0.121. The smallest absolute Gasteiger partial charge is 0.232 e. The molecule has 0 radical (unpaired) electrons. The van der Waals surface area contributed by atoms with Gasteiger partial charge in [0.15, 0.2) is 0 Å². The zero-order valence-corrected chi connectivity index (χ0v) is 18.5. The number of sulfonamides is 1. The van der Waals surface area contributed by atoms with Gasteiger partial charge in [0.1, 0.15) is 5.82 Å². The Morgan fingerprint density at radius 3 is 2.39 bits per heavy atom. The number of ether oxygens (including phenoxy) is 1. The van der Waals surface area contributed by atoms with Gasteiger partial charge in [-0.15, -0.1) is 0 Å². The summed E-state index contributed by atoms with van der Waals surface area (Å²) in [5, 5.41) is 3.02. The number of benzene rings is 2. The molecule has 8 heteroatoms. The van der Waals surface area contributed by atoms with Crippen LogP contribution in [0.2, 0.25) is 0 Å². The number of carbonyl (C=O) groups is 1. The molecule has 1 heterocycles. The summed E-state index contributed by atoms with van der Waals surface area (Å²) in [5.74, 6) is -0.759. The molecule has 1 amide bonds. The molecule has 1 aliphatic heterocycles. The van der Waals surface area contributed by atoms with Gasteiger partial charge in [-0.25, -0.2) is 12.8 Å². The summed E-state index contributed by atoms with van der Waals surface area (Å²) in [5.41, 5.74) is 1.01. The molecule has 6 nitrogen and oxygen atoms in total. The highest BCUT2D eigenvalue weighted by Crippen LogP contribution is 2.34. The maximum atomic E-state index is 14.1. The Morgan fingerprint density at radius 1 is 1.10 bits per heavy atom. The number of nitrogens with one attached hydrogen (secondary N) is 1. The third kappa shape index (κ3) is 6.04. The Balaban J connectivity index is 1.58. The first kappa shape index (κ1) is 23.2. The van der Waals surface area contributed by atoms with E-state index in [0.717, 1.165) is 23.4 Å². The van der Waals surface area contributed by atoms with Crippen molar-refractivity contribution in [2.45, 2.75) is 31.1 Å². The topological polar surface area (TPSA) is 75.7 Å². The number of amides is 1. The van der Waals surface area contributed by atoms with Gasteiger partial charge >= 0.3 is 0 Å². The average Bonchev–Trinajstić information content (AvgIpc) is 2.76. The van der Waals surface area contributed by atoms with Crippen molar-refractivity contribution in [3.63, 3.8) is 0 Å². The molecule has 0 bridgehead atoms. The van der Waals surface area contributed by atoms with Crippen LogP contribution in [-0.2, 0) is 25.0 Å². The van der Waals surface area contributed by atoms with Crippen LogP contribution in [0.25, 0.3) is 0 Å². The van der Waals surface area contributed by atoms with Crippen LogP contribution in [0.3, 0.4) is 0 Å². The van der Waals surface area contributed by atoms with Crippen molar-refractivity contribution >= 4 is 21.6 Å². The van der Waals surface area contributed by atoms with Gasteiger partial charge in [0.2, 0.25) is 15.9 Å². The molecule has 1 fully saturated rings. The molecule has 0 aliphatic carbocycles. The van der Waals surface area contributed by atoms with Crippen LogP contribution in [0.5, 0.6) is 0 Å². The Hall–Kier alpha value is -2.45. The fourth-order valence-corrected chi connectivity index (χ4v) is 4.95. The summed E-state index contributed by atoms with van der Waals surface area (Å²) in [6.07, 6.45) is 3.13. The second kappa shape index (κ2) is 10.2. The van der Waals surface area contributed by atoms with Crippen molar-refractivity contribution in [1.82, 2.24) is 5.32 Å². The lowest BCUT2D eigenvalue weighted by Gasteiger charge is -2.38. The second-order valence-electron chi connectivity index (χ2n) is 7.93. The summed E-state index contributed by atoms with van der Waals surface area (Å²) in [6.45, 7) is 1.83. The molecule has 0 spiro atoms. The molecule has 168 valence electrons. The van der Waals surface area contributed by atoms with Gasteiger partial charge in [0.25, 0.3) is 0 Å². The van der Waals surface area contributed by atoms with Crippen molar-refractivity contribution in [3.8, 4) is 0 Å². The predicted octanol–water partition coefficient (Wildman–Crippen LogP) is 3.24. The van der Waals surface area contributed by atoms with Crippen LogP contribution in [0.1, 0.15) is 31.2 Å². The molecule has 0 atom stereocenters. The molecule has 0 unspecified atom stereocenters. The molecule has 2 aromatic rings. The van der Waals surface area contributed by atoms with Crippen molar-refractivity contribution in [1.29, 1.82) is 0 Å². The first-order chi connectivity index (χ1) is 14.8. The highest BCUT2D eigenvalue weighted by molar-refractivity contribution is 7.92. The predicted molar refractivity (Wildman–Crippen MR) is 119 cm³/mol. The molecule has 1 saturated heterocycles. The zero-order valence-electron chi connectivity index (χ0n) is 17.7. The largest absolute Gasteiger partial charge is 0.381 e. The molecule has 0 aromatic heterocycles. The van der Waals surface area contributed by atoms with Gasteiger partial charge in [-0.1, -0.05) is 42.5 Å². The van der Waals surface area contributed by atoms with Crippen LogP contribution in [0.4, 0.5) is 10.1 Å². The highest BCUT2D eigenvalue weighted by Gasteiger charge is 2.34. The van der Waals surface area contributed by atoms with Crippen LogP contribution < -0.4 is 9.62 Å². The van der Waals surface area contributed by atoms with Gasteiger partial charge in [0.05, 0.1) is 11.9 Å². The second-order valence-corrected chi connectivity index (χ2v) is 9.83. The van der Waals surface area contributed by atoms with E-state index in [-0.39, 0.29) is 36.4 Å². The fourth-order valence-electron chi connectivity index (χ4n) is 3.98. The number of anilines is 1. The van der Waals surface area contributed by atoms with E-state index < -0.39 is 15.8 Å². The number of halogens is 1. The summed E-state index contributed by atoms with van der Waals surface area (Å²) >= 11 is 0. The minimum Gasteiger partial charge on any atom is -0.381 e. The summed E-state index contributed by atoms with van der Waals surface area (Å²) in [4.78, 5) is 12.5. The van der Waals surface area contributed by atoms with E-state index in [0.29, 0.717) is 19.8 Å². The van der Waals surface area contributed by atoms with Gasteiger partial charge in [-0.05, 0) is 37.0 Å². The lowest BCUT2D eigenvalue weighted by Crippen LogP contribution is -2.44. The third-order valence-electron chi connectivity index (χ3n) is 5.75. The molecule has 1 N–H and O–H groups in total. The number of hydrogen-bond acceptors (Lipinski definition) is 4. The van der Waals surface area contributed by atoms with Crippen LogP contribution in [-0.4, -0.2) is 46.9 Å². The molecular formula is C23H29FN2O4S. The number of rotatable bonds is 9. The van der Waals surface area contributed by atoms with Crippen LogP contribution in [0.15, 0.2) is 54.6 Å². The third-order valence-corrected chi connectivity index (χ3v) is 6.93. The normalized spacial score (nSPS) is 15.9. The molecule has 0 saturated carbocycles. The zero-order chi connectivity index (χ0) is 22.3. The van der Waals surface area contributed by atoms with Crippen molar-refractivity contribution in [2.24, 2.45) is 0 Å². The van der Waals surface area contributed by atoms with Gasteiger partial charge in [-0.3, -0.25) is 9.10 Å². The first-order valence-electron chi connectivity index (χ1n) is 10.4. The molecule has 1 aliphatic rings. The standard InChI is InChI=1S/C23H29FN2O4S/c1-31(28,29)26(21-11-6-5-10-20(21)24)15-7-12-22(27)25-18-23(13-16-30-17-14-23)19-8-3-2-4-9-19/h2-6,8-11H,7,12-18H2,1H3,(H,25,27). The van der Waals surface area contributed by atoms with Crippen LogP contribution in [0, 0.1) is 5.82 Å². The van der Waals surface area contributed by atoms with E-state index in [9.17, 15) is 17.6 Å². The average molecular weight is 449 g/mol. The van der Waals surface area contributed by atoms with Gasteiger partial charge < -0.3 is 10.1 Å². The summed E-state index contributed by atoms with van der Waals surface area (Å²) in [6, 6.07) is 15.9. The lowest BCUT2D eigenvalue weighted by atomic mass is 9.74. The summed E-state index contributed by atoms with van der Waals surface area (Å²) in [7, 11) is -3.67. The Labute approximate surface area is 183 Å². The maximum absolute atomic E-state index is 14.1.